The molecule has 18 heavy (non-hydrogen) atoms. The predicted molar refractivity (Wildman–Crippen MR) is 56.9 cm³/mol. The van der Waals surface area contributed by atoms with E-state index in [1.807, 2.05) is 0 Å². The average Bonchev–Trinajstić information content (AvgIpc) is 2.73. The molecule has 1 aliphatic rings. The third-order valence-electron chi connectivity index (χ3n) is 2.17. The normalized spacial score (nSPS) is 21.6. The minimum Gasteiger partial charge on any atom is -0.569 e. The Bertz CT molecular complexity index is 311. The first kappa shape index (κ1) is 14.3. The fourth-order valence-corrected chi connectivity index (χ4v) is 1.35. The van der Waals surface area contributed by atoms with Crippen molar-refractivity contribution < 1.29 is 29.2 Å². The Labute approximate surface area is 104 Å². The van der Waals surface area contributed by atoms with Crippen molar-refractivity contribution in [1.29, 1.82) is 0 Å². The number of rotatable bonds is 5. The van der Waals surface area contributed by atoms with Gasteiger partial charge in [-0.15, -0.1) is 5.01 Å². The van der Waals surface area contributed by atoms with Crippen LogP contribution in [0.25, 0.3) is 0 Å². The number of β-amino-alcohol motifs (C(OH)–C–C–N with tert-alkyl or cyclic N) is 1. The van der Waals surface area contributed by atoms with Crippen molar-refractivity contribution in [1.82, 2.24) is 5.01 Å². The molecular weight excluding hydrogens is 246 g/mol. The number of hydrogen-bond donors (Lipinski definition) is 1. The van der Waals surface area contributed by atoms with Crippen LogP contribution in [0.5, 0.6) is 0 Å². The van der Waals surface area contributed by atoms with Crippen LogP contribution in [-0.4, -0.2) is 53.3 Å². The molecule has 1 heterocycles. The molecule has 0 aliphatic carbocycles. The summed E-state index contributed by atoms with van der Waals surface area (Å²) in [5.74, 6) is 0. The maximum atomic E-state index is 11.4. The van der Waals surface area contributed by atoms with E-state index in [0.717, 1.165) is 0 Å². The van der Waals surface area contributed by atoms with E-state index in [1.165, 1.54) is 11.9 Å². The molecule has 1 rings (SSSR count). The van der Waals surface area contributed by atoms with Gasteiger partial charge in [-0.2, -0.15) is 0 Å². The molecule has 104 valence electrons. The fourth-order valence-electron chi connectivity index (χ4n) is 1.35. The van der Waals surface area contributed by atoms with E-state index in [9.17, 15) is 15.1 Å². The molecule has 1 fully saturated rings. The lowest BCUT2D eigenvalue weighted by molar-refractivity contribution is -0.710. The summed E-state index contributed by atoms with van der Waals surface area (Å²) in [4.78, 5) is 15.8. The summed E-state index contributed by atoms with van der Waals surface area (Å²) in [7, 11) is 0. The van der Waals surface area contributed by atoms with E-state index in [1.54, 1.807) is 6.92 Å². The Hall–Kier alpha value is -1.77. The molecule has 9 heteroatoms. The lowest BCUT2D eigenvalue weighted by Crippen LogP contribution is -2.30. The van der Waals surface area contributed by atoms with Crippen LogP contribution in [0.1, 0.15) is 20.3 Å². The summed E-state index contributed by atoms with van der Waals surface area (Å²) in [6.07, 6.45) is -1.96. The summed E-state index contributed by atoms with van der Waals surface area (Å²) < 4.78 is 9.13. The monoisotopic (exact) mass is 263 g/mol. The largest absolute Gasteiger partial charge is 0.569 e. The molecule has 1 N–H and O–H groups in total. The van der Waals surface area contributed by atoms with Gasteiger partial charge < -0.3 is 19.8 Å². The van der Waals surface area contributed by atoms with Gasteiger partial charge in [0.1, 0.15) is 6.54 Å². The highest BCUT2D eigenvalue weighted by atomic mass is 16.8. The minimum absolute atomic E-state index is 0.183. The third-order valence-corrected chi connectivity index (χ3v) is 2.17. The number of aliphatic hydroxyl groups is 1. The van der Waals surface area contributed by atoms with Crippen molar-refractivity contribution in [2.24, 2.45) is 5.28 Å². The second kappa shape index (κ2) is 6.84. The zero-order valence-electron chi connectivity index (χ0n) is 10.3. The Morgan fingerprint density at radius 1 is 1.72 bits per heavy atom. The van der Waals surface area contributed by atoms with Crippen LogP contribution in [0, 0.1) is 5.21 Å². The van der Waals surface area contributed by atoms with E-state index >= 15 is 0 Å². The van der Waals surface area contributed by atoms with Gasteiger partial charge in [0, 0.05) is 6.92 Å². The van der Waals surface area contributed by atoms with E-state index in [4.69, 9.17) is 0 Å². The summed E-state index contributed by atoms with van der Waals surface area (Å²) in [6.45, 7) is 3.80. The molecule has 1 aliphatic heterocycles. The van der Waals surface area contributed by atoms with Gasteiger partial charge in [0.2, 0.25) is 5.28 Å². The molecule has 0 saturated carbocycles. The first-order chi connectivity index (χ1) is 8.52. The van der Waals surface area contributed by atoms with Gasteiger partial charge >= 0.3 is 6.16 Å². The van der Waals surface area contributed by atoms with E-state index in [-0.39, 0.29) is 18.1 Å². The van der Waals surface area contributed by atoms with Crippen LogP contribution in [0.4, 0.5) is 4.79 Å². The molecule has 0 amide bonds. The maximum Gasteiger partial charge on any atom is 0.511 e. The van der Waals surface area contributed by atoms with Gasteiger partial charge in [-0.1, -0.05) is 0 Å². The summed E-state index contributed by atoms with van der Waals surface area (Å²) in [5.41, 5.74) is 0. The van der Waals surface area contributed by atoms with Gasteiger partial charge in [-0.3, -0.25) is 4.84 Å². The van der Waals surface area contributed by atoms with Crippen LogP contribution in [0.15, 0.2) is 5.28 Å². The van der Waals surface area contributed by atoms with Crippen LogP contribution in [-0.2, 0) is 14.3 Å². The molecule has 9 nitrogen and oxygen atoms in total. The lowest BCUT2D eigenvalue weighted by atomic mass is 10.3. The molecule has 2 atom stereocenters. The Morgan fingerprint density at radius 2 is 2.44 bits per heavy atom. The quantitative estimate of drug-likeness (QED) is 0.251. The second-order valence-corrected chi connectivity index (χ2v) is 3.66. The van der Waals surface area contributed by atoms with Crippen LogP contribution < -0.4 is 0 Å². The summed E-state index contributed by atoms with van der Waals surface area (Å²) >= 11 is 0. The van der Waals surface area contributed by atoms with E-state index < -0.39 is 18.5 Å². The zero-order valence-corrected chi connectivity index (χ0v) is 10.3. The summed E-state index contributed by atoms with van der Waals surface area (Å²) in [5, 5.41) is 25.1. The Kier molecular flexibility index (Phi) is 5.43. The van der Waals surface area contributed by atoms with Crippen molar-refractivity contribution in [3.63, 3.8) is 0 Å². The molecule has 0 aromatic heterocycles. The van der Waals surface area contributed by atoms with Crippen molar-refractivity contribution in [3.8, 4) is 0 Å². The Morgan fingerprint density at radius 3 is 3.00 bits per heavy atom. The number of hydrazine groups is 1. The predicted octanol–water partition coefficient (Wildman–Crippen LogP) is 0.381. The highest BCUT2D eigenvalue weighted by Crippen LogP contribution is 2.09. The van der Waals surface area contributed by atoms with Crippen LogP contribution >= 0.6 is 0 Å². The molecular formula is C9H17N3O6. The zero-order chi connectivity index (χ0) is 13.5. The van der Waals surface area contributed by atoms with E-state index in [2.05, 4.69) is 19.6 Å². The molecule has 2 unspecified atom stereocenters. The number of carbonyl (C=O) groups excluding carboxylic acids is 1. The van der Waals surface area contributed by atoms with Gasteiger partial charge in [0.15, 0.2) is 0 Å². The Balaban J connectivity index is 2.31. The third kappa shape index (κ3) is 4.62. The van der Waals surface area contributed by atoms with Crippen molar-refractivity contribution >= 4 is 6.16 Å². The molecule has 0 bridgehead atoms. The lowest BCUT2D eigenvalue weighted by Gasteiger charge is -2.12. The molecule has 0 radical (unpaired) electrons. The van der Waals surface area contributed by atoms with Crippen molar-refractivity contribution in [2.45, 2.75) is 32.7 Å². The highest BCUT2D eigenvalue weighted by molar-refractivity contribution is 5.59. The SMILES string of the molecule is CCOC(=O)OC(C)ON=[N+]([O-])N1CCC(O)C1. The van der Waals surface area contributed by atoms with E-state index in [0.29, 0.717) is 13.0 Å². The first-order valence-corrected chi connectivity index (χ1v) is 5.63. The highest BCUT2D eigenvalue weighted by Gasteiger charge is 2.26. The van der Waals surface area contributed by atoms with Gasteiger partial charge in [0.25, 0.3) is 6.29 Å². The van der Waals surface area contributed by atoms with Crippen LogP contribution in [0.2, 0.25) is 0 Å². The standard InChI is InChI=1S/C9H17N3O6/c1-3-16-9(14)17-7(2)18-10-12(15)11-5-4-8(13)6-11/h7-8,13H,3-6H2,1-2H3. The van der Waals surface area contributed by atoms with Crippen molar-refractivity contribution in [2.75, 3.05) is 19.7 Å². The number of nitrogens with zero attached hydrogens (tertiary/aromatic N) is 3. The fraction of sp³-hybridized carbons (Fsp3) is 0.889. The van der Waals surface area contributed by atoms with Gasteiger partial charge in [0.05, 0.1) is 24.2 Å². The molecule has 0 aromatic carbocycles. The minimum atomic E-state index is -1.03. The number of ether oxygens (including phenoxy) is 2. The second-order valence-electron chi connectivity index (χ2n) is 3.66. The number of carbonyl (C=O) groups is 1. The van der Waals surface area contributed by atoms with Crippen molar-refractivity contribution in [3.05, 3.63) is 5.21 Å². The van der Waals surface area contributed by atoms with Gasteiger partial charge in [-0.05, 0) is 13.3 Å². The maximum absolute atomic E-state index is 11.4. The smallest absolute Gasteiger partial charge is 0.511 e. The topological polar surface area (TPSA) is 107 Å². The molecule has 0 aromatic rings. The number of aliphatic hydroxyl groups excluding tert-OH is 1. The first-order valence-electron chi connectivity index (χ1n) is 5.63. The summed E-state index contributed by atoms with van der Waals surface area (Å²) in [6, 6.07) is 0. The average molecular weight is 263 g/mol. The van der Waals surface area contributed by atoms with Crippen LogP contribution in [0.3, 0.4) is 0 Å². The molecule has 0 spiro atoms. The number of hydrogen-bond acceptors (Lipinski definition) is 7. The molecule has 1 saturated heterocycles. The van der Waals surface area contributed by atoms with Gasteiger partial charge in [-0.25, -0.2) is 4.79 Å².